The van der Waals surface area contributed by atoms with Crippen molar-refractivity contribution in [2.24, 2.45) is 10.8 Å². The molecule has 18 heteroatoms. The van der Waals surface area contributed by atoms with Crippen LogP contribution in [0.5, 0.6) is 5.75 Å². The Morgan fingerprint density at radius 1 is 0.396 bits per heavy atom. The van der Waals surface area contributed by atoms with Crippen LogP contribution < -0.4 is 46.6 Å². The highest BCUT2D eigenvalue weighted by atomic mass is 32.2. The van der Waals surface area contributed by atoms with E-state index in [9.17, 15) is 33.6 Å². The number of anilines is 6. The van der Waals surface area contributed by atoms with Crippen molar-refractivity contribution in [3.63, 3.8) is 0 Å². The summed E-state index contributed by atoms with van der Waals surface area (Å²) >= 11 is 3.35. The maximum atomic E-state index is 11.7. The molecule has 0 radical (unpaired) electrons. The zero-order valence-electron chi connectivity index (χ0n) is 58.1. The third-order valence-electron chi connectivity index (χ3n) is 12.8. The Balaban J connectivity index is 0.000000561. The Hall–Kier alpha value is -9.78. The molecule has 0 unspecified atom stereocenters. The SMILES string of the molecule is C=[NH+]c1ccc(NC(C)=O)cc1.C=[NH+]c1cccc(NC(C)=O)c1.[CH2+]Cc1ccc(NC(=O)C(C)(C)C)cc1.[CH2+]Cc1ccc(NC(=O)C(C)(C)C)cc1.[CH2+]Cc1ccc(NC(=O)CCSC)cc1.[CH2+]Cc1ccc(NC(=O)CCSC)cc1.[CH2+]Cc1ccc(OC(C)=O)cc1. The minimum atomic E-state index is -0.356. The highest BCUT2D eigenvalue weighted by molar-refractivity contribution is 7.98. The van der Waals surface area contributed by atoms with Crippen LogP contribution in [-0.2, 0) is 65.7 Å². The molecule has 0 aromatic heterocycles. The lowest BCUT2D eigenvalue weighted by atomic mass is 9.95. The van der Waals surface area contributed by atoms with Gasteiger partial charge in [0, 0.05) is 114 Å². The van der Waals surface area contributed by atoms with Crippen LogP contribution in [0.15, 0.2) is 170 Å². The van der Waals surface area contributed by atoms with Gasteiger partial charge in [0.05, 0.1) is 34.6 Å². The first kappa shape index (κ1) is 84.2. The fourth-order valence-corrected chi connectivity index (χ4v) is 7.95. The van der Waals surface area contributed by atoms with E-state index in [-0.39, 0.29) is 52.2 Å². The molecule has 7 rings (SSSR count). The number of hydrogen-bond acceptors (Lipinski definition) is 10. The molecular weight excluding hydrogens is 1240 g/mol. The van der Waals surface area contributed by atoms with Crippen molar-refractivity contribution in [3.8, 4) is 5.75 Å². The van der Waals surface area contributed by atoms with E-state index in [4.69, 9.17) is 4.74 Å². The summed E-state index contributed by atoms with van der Waals surface area (Å²) in [7, 11) is 0. The van der Waals surface area contributed by atoms with E-state index in [2.05, 4.69) is 89.9 Å². The molecule has 7 aromatic rings. The fraction of sp³-hybridized carbons (Fsp3) is 0.282. The van der Waals surface area contributed by atoms with E-state index in [0.29, 0.717) is 18.6 Å². The Bertz CT molecular complexity index is 3300. The molecule has 6 amide bonds. The van der Waals surface area contributed by atoms with Gasteiger partial charge in [-0.1, -0.05) is 108 Å². The van der Waals surface area contributed by atoms with E-state index >= 15 is 0 Å². The minimum absolute atomic E-state index is 0.0323. The first-order valence-electron chi connectivity index (χ1n) is 31.2. The molecule has 0 spiro atoms. The van der Waals surface area contributed by atoms with E-state index in [1.807, 2.05) is 212 Å². The quantitative estimate of drug-likeness (QED) is 0.0156. The molecule has 506 valence electrons. The summed E-state index contributed by atoms with van der Waals surface area (Å²) in [6, 6.07) is 53.1. The molecule has 8 N–H and O–H groups in total. The minimum Gasteiger partial charge on any atom is -0.427 e. The molecule has 7 aromatic carbocycles. The number of carbonyl (C=O) groups excluding carboxylic acids is 7. The van der Waals surface area contributed by atoms with Crippen LogP contribution in [0.4, 0.5) is 45.5 Å². The number of carbonyl (C=O) groups is 7. The van der Waals surface area contributed by atoms with E-state index in [1.54, 1.807) is 35.7 Å². The van der Waals surface area contributed by atoms with Gasteiger partial charge in [0.2, 0.25) is 46.8 Å². The maximum absolute atomic E-state index is 11.7. The molecule has 0 saturated carbocycles. The number of amides is 6. The molecule has 0 saturated heterocycles. The van der Waals surface area contributed by atoms with Crippen molar-refractivity contribution in [2.75, 3.05) is 55.9 Å². The molecule has 96 heavy (non-hydrogen) atoms. The zero-order chi connectivity index (χ0) is 72.1. The van der Waals surface area contributed by atoms with Crippen LogP contribution in [0.1, 0.15) is 103 Å². The molecule has 0 heterocycles. The number of hydrogen-bond donors (Lipinski definition) is 8. The van der Waals surface area contributed by atoms with Gasteiger partial charge in [0.1, 0.15) is 51.3 Å². The van der Waals surface area contributed by atoms with Crippen molar-refractivity contribution in [1.29, 1.82) is 0 Å². The first-order valence-corrected chi connectivity index (χ1v) is 34.0. The predicted molar refractivity (Wildman–Crippen MR) is 405 cm³/mol. The maximum Gasteiger partial charge on any atom is 0.308 e. The van der Waals surface area contributed by atoms with Crippen molar-refractivity contribution >= 4 is 124 Å². The normalized spacial score (nSPS) is 10.0. The Kier molecular flexibility index (Phi) is 41.4. The second kappa shape index (κ2) is 47.2. The van der Waals surface area contributed by atoms with Crippen LogP contribution in [0.3, 0.4) is 0 Å². The largest absolute Gasteiger partial charge is 0.427 e. The van der Waals surface area contributed by atoms with Crippen LogP contribution in [0.2, 0.25) is 0 Å². The van der Waals surface area contributed by atoms with Crippen LogP contribution >= 0.6 is 23.5 Å². The van der Waals surface area contributed by atoms with Crippen molar-refractivity contribution in [2.45, 2.75) is 107 Å². The second-order valence-corrected chi connectivity index (χ2v) is 25.1. The van der Waals surface area contributed by atoms with Gasteiger partial charge in [-0.25, -0.2) is 9.98 Å². The van der Waals surface area contributed by atoms with E-state index < -0.39 is 0 Å². The van der Waals surface area contributed by atoms with E-state index in [1.165, 1.54) is 43.0 Å². The number of thioether (sulfide) groups is 2. The van der Waals surface area contributed by atoms with Crippen molar-refractivity contribution < 1.29 is 48.3 Å². The van der Waals surface area contributed by atoms with E-state index in [0.717, 1.165) is 94.7 Å². The fourth-order valence-electron chi connectivity index (χ4n) is 7.17. The summed E-state index contributed by atoms with van der Waals surface area (Å²) in [5, 5.41) is 16.8. The molecule has 16 nitrogen and oxygen atoms in total. The Labute approximate surface area is 581 Å². The number of nitrogens with one attached hydrogen (secondary N) is 8. The summed E-state index contributed by atoms with van der Waals surface area (Å²) in [5.41, 5.74) is 11.9. The number of esters is 1. The smallest absolute Gasteiger partial charge is 0.308 e. The Morgan fingerprint density at radius 2 is 0.688 bits per heavy atom. The van der Waals surface area contributed by atoms with Gasteiger partial charge in [0.15, 0.2) is 0 Å². The Morgan fingerprint density at radius 3 is 0.969 bits per heavy atom. The number of benzene rings is 7. The number of rotatable bonds is 20. The van der Waals surface area contributed by atoms with Crippen LogP contribution in [0, 0.1) is 45.4 Å². The second-order valence-electron chi connectivity index (χ2n) is 23.1. The lowest BCUT2D eigenvalue weighted by Gasteiger charge is -2.17. The van der Waals surface area contributed by atoms with Crippen molar-refractivity contribution in [1.82, 2.24) is 0 Å². The highest BCUT2D eigenvalue weighted by Gasteiger charge is 2.22. The average Bonchev–Trinajstić information content (AvgIpc) is 1.63. The van der Waals surface area contributed by atoms with Crippen LogP contribution in [0.25, 0.3) is 0 Å². The lowest BCUT2D eigenvalue weighted by molar-refractivity contribution is -0.342. The van der Waals surface area contributed by atoms with Crippen molar-refractivity contribution in [3.05, 3.63) is 232 Å². The summed E-state index contributed by atoms with van der Waals surface area (Å²) in [5.74, 6) is 2.10. The molecule has 0 bridgehead atoms. The number of ether oxygens (including phenoxy) is 1. The molecule has 0 aliphatic heterocycles. The highest BCUT2D eigenvalue weighted by Crippen LogP contribution is 2.21. The molecule has 0 aliphatic rings. The average molecular weight is 1340 g/mol. The third kappa shape index (κ3) is 39.0. The van der Waals surface area contributed by atoms with Crippen LogP contribution in [-0.4, -0.2) is 78.9 Å². The molecular formula is C78H101N8O8S2+7. The van der Waals surface area contributed by atoms with Gasteiger partial charge >= 0.3 is 5.97 Å². The molecule has 0 atom stereocenters. The third-order valence-corrected chi connectivity index (χ3v) is 14.0. The standard InChI is InChI=1S/2C13H17NO.2C12H15NOS.C10H11O2.2C9H10N2O/c2*1-5-10-6-8-11(9-7-10)14-12(15)13(2,3)4;2*1-3-10-4-6-11(7-5-10)13-12(14)8-9-15-2;1-3-9-4-6-10(7-5-9)12-8(2)11;1-7(12)11-9-5-3-8(10-2)4-6-9;1-7(12)11-9-5-3-4-8(6-9)10-2/h2*6-9H,1,5H2,2-4H3;2*4-7H,1,3,8-9H2,2H3;4-7H,1,3H2,2H3;2*3-6H,2H2,1H3,(H,11,12)/q;;;;+1;;/p+6. The molecule has 0 aliphatic carbocycles. The van der Waals surface area contributed by atoms with Gasteiger partial charge in [-0.3, -0.25) is 33.6 Å². The summed E-state index contributed by atoms with van der Waals surface area (Å²) in [6.45, 7) is 41.7. The first-order chi connectivity index (χ1) is 45.5. The monoisotopic (exact) mass is 1340 g/mol. The topological polar surface area (TPSA) is 229 Å². The van der Waals surface area contributed by atoms with Gasteiger partial charge < -0.3 is 36.6 Å². The predicted octanol–water partition coefficient (Wildman–Crippen LogP) is 13.7. The van der Waals surface area contributed by atoms with Gasteiger partial charge in [-0.2, -0.15) is 23.5 Å². The van der Waals surface area contributed by atoms with Gasteiger partial charge in [-0.15, -0.1) is 0 Å². The van der Waals surface area contributed by atoms with Gasteiger partial charge in [0.25, 0.3) is 0 Å². The lowest BCUT2D eigenvalue weighted by Crippen LogP contribution is -2.57. The molecule has 0 fully saturated rings. The summed E-state index contributed by atoms with van der Waals surface area (Å²) in [6.07, 6.45) is 8.98. The zero-order valence-corrected chi connectivity index (χ0v) is 59.7. The summed E-state index contributed by atoms with van der Waals surface area (Å²) in [4.78, 5) is 83.4. The summed E-state index contributed by atoms with van der Waals surface area (Å²) < 4.78 is 4.85. The van der Waals surface area contributed by atoms with Gasteiger partial charge in [-0.05, 0) is 119 Å².